The van der Waals surface area contributed by atoms with E-state index in [1.165, 1.54) is 12.1 Å². The van der Waals surface area contributed by atoms with Gasteiger partial charge in [-0.2, -0.15) is 0 Å². The summed E-state index contributed by atoms with van der Waals surface area (Å²) in [5, 5.41) is 9.28. The molecule has 7 nitrogen and oxygen atoms in total. The van der Waals surface area contributed by atoms with Gasteiger partial charge in [-0.05, 0) is 31.5 Å². The third kappa shape index (κ3) is 8.22. The second-order valence-corrected chi connectivity index (χ2v) is 6.80. The third-order valence-electron chi connectivity index (χ3n) is 4.52. The van der Waals surface area contributed by atoms with Crippen LogP contribution in [0.5, 0.6) is 0 Å². The number of aliphatic imine (C=N–C) groups is 1. The van der Waals surface area contributed by atoms with Crippen LogP contribution in [0, 0.1) is 5.82 Å². The first-order valence-electron chi connectivity index (χ1n) is 9.93. The van der Waals surface area contributed by atoms with Gasteiger partial charge in [-0.25, -0.2) is 4.39 Å². The number of nitrogens with zero attached hydrogens (tertiary/aromatic N) is 2. The van der Waals surface area contributed by atoms with Gasteiger partial charge in [0.05, 0.1) is 26.2 Å². The molecule has 8 heteroatoms. The highest BCUT2D eigenvalue weighted by Crippen LogP contribution is 2.04. The summed E-state index contributed by atoms with van der Waals surface area (Å²) < 4.78 is 18.5. The van der Waals surface area contributed by atoms with Crippen LogP contribution in [0.25, 0.3) is 0 Å². The van der Waals surface area contributed by atoms with Crippen molar-refractivity contribution in [2.24, 2.45) is 4.99 Å². The molecule has 1 heterocycles. The summed E-state index contributed by atoms with van der Waals surface area (Å²) in [6, 6.07) is 6.45. The van der Waals surface area contributed by atoms with Gasteiger partial charge in [-0.1, -0.05) is 12.1 Å². The molecule has 1 atom stereocenters. The molecule has 0 aliphatic carbocycles. The summed E-state index contributed by atoms with van der Waals surface area (Å²) in [5.41, 5.74) is 0.664. The zero-order valence-electron chi connectivity index (χ0n) is 16.8. The summed E-state index contributed by atoms with van der Waals surface area (Å²) >= 11 is 0. The van der Waals surface area contributed by atoms with E-state index in [9.17, 15) is 9.18 Å². The lowest BCUT2D eigenvalue weighted by atomic mass is 10.1. The minimum Gasteiger partial charge on any atom is -0.379 e. The lowest BCUT2D eigenvalue weighted by Crippen LogP contribution is -2.45. The molecule has 1 saturated heterocycles. The quantitative estimate of drug-likeness (QED) is 0.328. The summed E-state index contributed by atoms with van der Waals surface area (Å²) in [6.45, 7) is 10.1. The Labute approximate surface area is 166 Å². The molecule has 1 aromatic carbocycles. The highest BCUT2D eigenvalue weighted by atomic mass is 19.1. The van der Waals surface area contributed by atoms with E-state index in [2.05, 4.69) is 32.8 Å². The summed E-state index contributed by atoms with van der Waals surface area (Å²) in [7, 11) is 0. The molecule has 1 aliphatic rings. The summed E-state index contributed by atoms with van der Waals surface area (Å²) in [6.07, 6.45) is 0.170. The smallest absolute Gasteiger partial charge is 0.224 e. The molecule has 0 radical (unpaired) electrons. The molecule has 3 N–H and O–H groups in total. The van der Waals surface area contributed by atoms with Crippen LogP contribution in [0.15, 0.2) is 29.3 Å². The van der Waals surface area contributed by atoms with Crippen molar-refractivity contribution in [2.75, 3.05) is 52.5 Å². The molecule has 2 rings (SSSR count). The van der Waals surface area contributed by atoms with Crippen molar-refractivity contribution in [3.63, 3.8) is 0 Å². The van der Waals surface area contributed by atoms with Crippen LogP contribution in [0.1, 0.15) is 19.4 Å². The first-order valence-corrected chi connectivity index (χ1v) is 9.93. The van der Waals surface area contributed by atoms with Crippen molar-refractivity contribution < 1.29 is 13.9 Å². The number of benzene rings is 1. The fraction of sp³-hybridized carbons (Fsp3) is 0.600. The maximum Gasteiger partial charge on any atom is 0.224 e. The molecule has 156 valence electrons. The van der Waals surface area contributed by atoms with Gasteiger partial charge in [0.2, 0.25) is 5.91 Å². The number of halogens is 1. The molecule has 1 amide bonds. The van der Waals surface area contributed by atoms with Crippen LogP contribution in [0.4, 0.5) is 4.39 Å². The Morgan fingerprint density at radius 3 is 2.71 bits per heavy atom. The molecular formula is C20H32FN5O2. The Balaban J connectivity index is 1.69. The van der Waals surface area contributed by atoms with Gasteiger partial charge < -0.3 is 20.7 Å². The number of amides is 1. The maximum absolute atomic E-state index is 13.2. The number of guanidine groups is 1. The molecule has 1 aliphatic heterocycles. The predicted octanol–water partition coefficient (Wildman–Crippen LogP) is 0.760. The standard InChI is InChI=1S/C20H32FN5O2/c1-3-22-20(25-15-16(2)26-9-11-28-12-10-26)24-8-7-23-19(27)14-17-5-4-6-18(21)13-17/h4-6,13,16H,3,7-12,14-15H2,1-2H3,(H,23,27)(H2,22,24,25). The van der Waals surface area contributed by atoms with Gasteiger partial charge in [0.25, 0.3) is 0 Å². The largest absolute Gasteiger partial charge is 0.379 e. The van der Waals surface area contributed by atoms with Gasteiger partial charge in [0.15, 0.2) is 5.96 Å². The second-order valence-electron chi connectivity index (χ2n) is 6.80. The predicted molar refractivity (Wildman–Crippen MR) is 109 cm³/mol. The zero-order chi connectivity index (χ0) is 20.2. The number of hydrogen-bond donors (Lipinski definition) is 3. The summed E-state index contributed by atoms with van der Waals surface area (Å²) in [4.78, 5) is 19.0. The highest BCUT2D eigenvalue weighted by molar-refractivity contribution is 5.80. The van der Waals surface area contributed by atoms with E-state index in [1.807, 2.05) is 6.92 Å². The normalized spacial score (nSPS) is 16.5. The van der Waals surface area contributed by atoms with Crippen molar-refractivity contribution >= 4 is 11.9 Å². The van der Waals surface area contributed by atoms with Gasteiger partial charge in [0, 0.05) is 38.8 Å². The fourth-order valence-electron chi connectivity index (χ4n) is 2.98. The van der Waals surface area contributed by atoms with Crippen LogP contribution in [0.2, 0.25) is 0 Å². The Bertz CT molecular complexity index is 635. The first-order chi connectivity index (χ1) is 13.6. The number of ether oxygens (including phenoxy) is 1. The molecule has 28 heavy (non-hydrogen) atoms. The first kappa shape index (κ1) is 22.1. The van der Waals surface area contributed by atoms with Crippen LogP contribution >= 0.6 is 0 Å². The molecule has 1 fully saturated rings. The maximum atomic E-state index is 13.2. The fourth-order valence-corrected chi connectivity index (χ4v) is 2.98. The van der Waals surface area contributed by atoms with Crippen molar-refractivity contribution in [2.45, 2.75) is 26.3 Å². The molecule has 0 bridgehead atoms. The van der Waals surface area contributed by atoms with Crippen molar-refractivity contribution in [3.8, 4) is 0 Å². The molecule has 1 aromatic rings. The van der Waals surface area contributed by atoms with E-state index in [0.29, 0.717) is 31.2 Å². The Hall–Kier alpha value is -2.19. The van der Waals surface area contributed by atoms with Crippen LogP contribution in [-0.2, 0) is 16.0 Å². The SMILES string of the molecule is CCNC(=NCC(C)N1CCOCC1)NCCNC(=O)Cc1cccc(F)c1. The third-order valence-corrected chi connectivity index (χ3v) is 4.52. The van der Waals surface area contributed by atoms with Crippen molar-refractivity contribution in [1.29, 1.82) is 0 Å². The molecule has 0 spiro atoms. The van der Waals surface area contributed by atoms with E-state index in [1.54, 1.807) is 12.1 Å². The molecule has 0 saturated carbocycles. The summed E-state index contributed by atoms with van der Waals surface area (Å²) in [5.74, 6) is 0.280. The monoisotopic (exact) mass is 393 g/mol. The number of carbonyl (C=O) groups is 1. The zero-order valence-corrected chi connectivity index (χ0v) is 16.8. The van der Waals surface area contributed by atoms with Gasteiger partial charge in [-0.15, -0.1) is 0 Å². The Morgan fingerprint density at radius 2 is 2.00 bits per heavy atom. The minimum atomic E-state index is -0.329. The highest BCUT2D eigenvalue weighted by Gasteiger charge is 2.16. The minimum absolute atomic E-state index is 0.129. The number of nitrogens with one attached hydrogen (secondary N) is 3. The molecule has 1 unspecified atom stereocenters. The number of carbonyl (C=O) groups excluding carboxylic acids is 1. The van der Waals surface area contributed by atoms with Crippen molar-refractivity contribution in [3.05, 3.63) is 35.6 Å². The number of morpholine rings is 1. The van der Waals surface area contributed by atoms with Gasteiger partial charge in [-0.3, -0.25) is 14.7 Å². The lowest BCUT2D eigenvalue weighted by molar-refractivity contribution is -0.120. The molecule has 0 aromatic heterocycles. The second kappa shape index (κ2) is 12.3. The van der Waals surface area contributed by atoms with Crippen molar-refractivity contribution in [1.82, 2.24) is 20.9 Å². The van der Waals surface area contributed by atoms with Gasteiger partial charge in [0.1, 0.15) is 5.82 Å². The Morgan fingerprint density at radius 1 is 1.25 bits per heavy atom. The average Bonchev–Trinajstić information content (AvgIpc) is 2.69. The Kier molecular flexibility index (Phi) is 9.71. The number of rotatable bonds is 9. The van der Waals surface area contributed by atoms with Crippen LogP contribution in [-0.4, -0.2) is 75.3 Å². The van der Waals surface area contributed by atoms with E-state index in [-0.39, 0.29) is 18.1 Å². The van der Waals surface area contributed by atoms with Gasteiger partial charge >= 0.3 is 0 Å². The number of hydrogen-bond acceptors (Lipinski definition) is 4. The average molecular weight is 394 g/mol. The van der Waals surface area contributed by atoms with Crippen LogP contribution < -0.4 is 16.0 Å². The van der Waals surface area contributed by atoms with E-state index in [0.717, 1.165) is 38.8 Å². The molecular weight excluding hydrogens is 361 g/mol. The van der Waals surface area contributed by atoms with E-state index < -0.39 is 0 Å². The van der Waals surface area contributed by atoms with Crippen LogP contribution in [0.3, 0.4) is 0 Å². The lowest BCUT2D eigenvalue weighted by Gasteiger charge is -2.31. The topological polar surface area (TPSA) is 78.0 Å². The van der Waals surface area contributed by atoms with E-state index >= 15 is 0 Å². The van der Waals surface area contributed by atoms with E-state index in [4.69, 9.17) is 4.74 Å².